The Morgan fingerprint density at radius 1 is 1.33 bits per heavy atom. The molecule has 2 N–H and O–H groups in total. The number of ketones is 1. The van der Waals surface area contributed by atoms with E-state index in [0.29, 0.717) is 6.54 Å². The third kappa shape index (κ3) is 3.81. The lowest BCUT2D eigenvalue weighted by molar-refractivity contribution is 0.102. The minimum atomic E-state index is 0. The molecule has 6 heteroatoms. The number of nitrogens with two attached hydrogens (primary N) is 1. The lowest BCUT2D eigenvalue weighted by atomic mass is 10.2. The predicted octanol–water partition coefficient (Wildman–Crippen LogP) is 3.19. The predicted molar refractivity (Wildman–Crippen MR) is 89.5 cm³/mol. The molecule has 0 unspecified atom stereocenters. The Morgan fingerprint density at radius 2 is 1.95 bits per heavy atom. The van der Waals surface area contributed by atoms with Crippen LogP contribution < -0.4 is 10.5 Å². The van der Waals surface area contributed by atoms with Crippen LogP contribution in [0.5, 0.6) is 0 Å². The molecule has 0 atom stereocenters. The Morgan fingerprint density at radius 3 is 2.43 bits per heavy atom. The molecule has 1 heterocycles. The van der Waals surface area contributed by atoms with E-state index in [0.717, 1.165) is 33.2 Å². The second-order valence-corrected chi connectivity index (χ2v) is 5.56. The van der Waals surface area contributed by atoms with Crippen LogP contribution in [-0.4, -0.2) is 10.4 Å². The lowest BCUT2D eigenvalue weighted by Gasteiger charge is -2.01. The molecule has 0 fully saturated rings. The molecule has 0 saturated heterocycles. The maximum atomic E-state index is 11.6. The minimum absolute atomic E-state index is 0. The molecule has 1 aromatic carbocycles. The van der Waals surface area contributed by atoms with Crippen molar-refractivity contribution in [3.8, 4) is 0 Å². The van der Waals surface area contributed by atoms with Crippen LogP contribution in [-0.2, 0) is 13.1 Å². The summed E-state index contributed by atoms with van der Waals surface area (Å²) in [4.78, 5) is 17.9. The number of hydrogen-bond acceptors (Lipinski definition) is 4. The summed E-state index contributed by atoms with van der Waals surface area (Å²) in [5.74, 6) is 0.0922. The highest BCUT2D eigenvalue weighted by atomic mass is 35.5. The van der Waals surface area contributed by atoms with Crippen molar-refractivity contribution >= 4 is 35.2 Å². The minimum Gasteiger partial charge on any atom is -0.326 e. The molecule has 114 valence electrons. The first-order valence-electron chi connectivity index (χ1n) is 6.61. The first-order valence-corrected chi connectivity index (χ1v) is 7.43. The van der Waals surface area contributed by atoms with Crippen LogP contribution in [0.15, 0.2) is 29.3 Å². The van der Waals surface area contributed by atoms with Crippen molar-refractivity contribution in [2.24, 2.45) is 10.7 Å². The van der Waals surface area contributed by atoms with Gasteiger partial charge in [0.25, 0.3) is 0 Å². The van der Waals surface area contributed by atoms with Gasteiger partial charge in [0.05, 0.1) is 10.6 Å². The van der Waals surface area contributed by atoms with Gasteiger partial charge in [-0.2, -0.15) is 0 Å². The molecule has 21 heavy (non-hydrogen) atoms. The highest BCUT2D eigenvalue weighted by Crippen LogP contribution is 2.16. The molecule has 0 aliphatic heterocycles. The van der Waals surface area contributed by atoms with E-state index < -0.39 is 0 Å². The normalized spacial score (nSPS) is 11.3. The van der Waals surface area contributed by atoms with Crippen LogP contribution in [0.2, 0.25) is 0 Å². The number of carbonyl (C=O) groups is 1. The second kappa shape index (κ2) is 7.54. The largest absolute Gasteiger partial charge is 0.326 e. The van der Waals surface area contributed by atoms with E-state index in [2.05, 4.69) is 16.5 Å². The van der Waals surface area contributed by atoms with Crippen molar-refractivity contribution in [2.75, 3.05) is 0 Å². The Bertz CT molecular complexity index is 686. The summed E-state index contributed by atoms with van der Waals surface area (Å²) < 4.78 is 2.07. The zero-order chi connectivity index (χ0) is 14.7. The molecule has 0 saturated carbocycles. The van der Waals surface area contributed by atoms with Gasteiger partial charge in [-0.05, 0) is 31.5 Å². The van der Waals surface area contributed by atoms with E-state index in [-0.39, 0.29) is 18.2 Å². The number of carbonyl (C=O) groups excluding carboxylic acids is 1. The molecule has 4 nitrogen and oxygen atoms in total. The molecule has 0 radical (unpaired) electrons. The molecular weight excluding hydrogens is 306 g/mol. The number of aromatic nitrogens is 1. The van der Waals surface area contributed by atoms with Crippen LogP contribution in [0.1, 0.15) is 34.8 Å². The van der Waals surface area contributed by atoms with Crippen molar-refractivity contribution in [1.82, 2.24) is 4.57 Å². The fourth-order valence-corrected chi connectivity index (χ4v) is 3.20. The van der Waals surface area contributed by atoms with Gasteiger partial charge in [-0.15, -0.1) is 12.4 Å². The first kappa shape index (κ1) is 17.6. The van der Waals surface area contributed by atoms with E-state index >= 15 is 0 Å². The summed E-state index contributed by atoms with van der Waals surface area (Å²) in [5, 5.41) is 0. The summed E-state index contributed by atoms with van der Waals surface area (Å²) in [6.07, 6.45) is 0. The van der Waals surface area contributed by atoms with Gasteiger partial charge in [0.2, 0.25) is 0 Å². The smallest absolute Gasteiger partial charge is 0.190 e. The maximum Gasteiger partial charge on any atom is 0.190 e. The third-order valence-corrected chi connectivity index (χ3v) is 4.47. The van der Waals surface area contributed by atoms with Gasteiger partial charge < -0.3 is 10.3 Å². The molecule has 0 aliphatic carbocycles. The summed E-state index contributed by atoms with van der Waals surface area (Å²) in [6.45, 7) is 6.95. The van der Waals surface area contributed by atoms with Crippen molar-refractivity contribution < 1.29 is 4.79 Å². The number of halogens is 1. The Labute approximate surface area is 134 Å². The molecule has 0 aliphatic rings. The highest BCUT2D eigenvalue weighted by molar-refractivity contribution is 7.11. The van der Waals surface area contributed by atoms with E-state index in [4.69, 9.17) is 5.73 Å². The first-order chi connectivity index (χ1) is 9.56. The van der Waals surface area contributed by atoms with E-state index in [1.807, 2.05) is 31.2 Å². The highest BCUT2D eigenvalue weighted by Gasteiger charge is 2.12. The summed E-state index contributed by atoms with van der Waals surface area (Å²) in [5.41, 5.74) is 8.53. The number of thiazole rings is 1. The van der Waals surface area contributed by atoms with E-state index in [1.54, 1.807) is 6.92 Å². The van der Waals surface area contributed by atoms with Gasteiger partial charge in [0.15, 0.2) is 10.6 Å². The summed E-state index contributed by atoms with van der Waals surface area (Å²) in [7, 11) is 0. The maximum absolute atomic E-state index is 11.6. The number of benzene rings is 1. The number of rotatable bonds is 4. The van der Waals surface area contributed by atoms with Crippen LogP contribution >= 0.6 is 23.7 Å². The summed E-state index contributed by atoms with van der Waals surface area (Å²) >= 11 is 1.45. The second-order valence-electron chi connectivity index (χ2n) is 4.58. The van der Waals surface area contributed by atoms with Crippen LogP contribution in [0.4, 0.5) is 5.69 Å². The van der Waals surface area contributed by atoms with Crippen LogP contribution in [0.3, 0.4) is 0 Å². The van der Waals surface area contributed by atoms with Gasteiger partial charge in [-0.25, -0.2) is 4.99 Å². The van der Waals surface area contributed by atoms with Crippen molar-refractivity contribution in [3.63, 3.8) is 0 Å². The molecule has 0 bridgehead atoms. The topological polar surface area (TPSA) is 60.4 Å². The molecule has 0 spiro atoms. The molecule has 2 rings (SSSR count). The number of hydrogen-bond donors (Lipinski definition) is 1. The third-order valence-electron chi connectivity index (χ3n) is 3.19. The SMILES string of the molecule is CCn1c(C)c(C(C)=O)s/c1=N\c1ccc(CN)cc1.Cl. The zero-order valence-corrected chi connectivity index (χ0v) is 14.1. The van der Waals surface area contributed by atoms with E-state index in [9.17, 15) is 4.79 Å². The van der Waals surface area contributed by atoms with Gasteiger partial charge >= 0.3 is 0 Å². The van der Waals surface area contributed by atoms with E-state index in [1.165, 1.54) is 11.3 Å². The number of Topliss-reactive ketones (excluding diaryl/α,β-unsaturated/α-hetero) is 1. The Kier molecular flexibility index (Phi) is 6.33. The Hall–Kier alpha value is -1.43. The zero-order valence-electron chi connectivity index (χ0n) is 12.4. The standard InChI is InChI=1S/C15H19N3OS.ClH/c1-4-18-10(2)14(11(3)19)20-15(18)17-13-7-5-12(9-16)6-8-13;/h5-8H,4,9,16H2,1-3H3;1H/b17-15-;. The van der Waals surface area contributed by atoms with Gasteiger partial charge in [0.1, 0.15) is 0 Å². The quantitative estimate of drug-likeness (QED) is 0.877. The van der Waals surface area contributed by atoms with Gasteiger partial charge in [0, 0.05) is 25.7 Å². The summed E-state index contributed by atoms with van der Waals surface area (Å²) in [6, 6.07) is 7.85. The van der Waals surface area contributed by atoms with Crippen molar-refractivity contribution in [2.45, 2.75) is 33.9 Å². The van der Waals surface area contributed by atoms with Crippen molar-refractivity contribution in [3.05, 3.63) is 45.2 Å². The van der Waals surface area contributed by atoms with Gasteiger partial charge in [-0.1, -0.05) is 23.5 Å². The average molecular weight is 326 g/mol. The molecule has 1 aromatic heterocycles. The van der Waals surface area contributed by atoms with Crippen molar-refractivity contribution in [1.29, 1.82) is 0 Å². The molecule has 0 amide bonds. The molecular formula is C15H20ClN3OS. The lowest BCUT2D eigenvalue weighted by Crippen LogP contribution is -2.14. The van der Waals surface area contributed by atoms with Crippen LogP contribution in [0, 0.1) is 6.92 Å². The fraction of sp³-hybridized carbons (Fsp3) is 0.333. The monoisotopic (exact) mass is 325 g/mol. The Balaban J connectivity index is 0.00000220. The number of nitrogens with zero attached hydrogens (tertiary/aromatic N) is 2. The molecule has 2 aromatic rings. The fourth-order valence-electron chi connectivity index (χ4n) is 2.09. The van der Waals surface area contributed by atoms with Crippen LogP contribution in [0.25, 0.3) is 0 Å². The average Bonchev–Trinajstić information content (AvgIpc) is 2.76. The van der Waals surface area contributed by atoms with Gasteiger partial charge in [-0.3, -0.25) is 4.79 Å².